The quantitative estimate of drug-likeness (QED) is 0.359. The second kappa shape index (κ2) is 12.3. The van der Waals surface area contributed by atoms with Crippen molar-refractivity contribution in [1.82, 2.24) is 19.7 Å². The fraction of sp³-hybridized carbons (Fsp3) is 0.321. The van der Waals surface area contributed by atoms with Crippen LogP contribution in [0.5, 0.6) is 5.75 Å². The monoisotopic (exact) mass is 510 g/mol. The molecule has 0 aliphatic heterocycles. The Labute approximate surface area is 214 Å². The average Bonchev–Trinajstić information content (AvgIpc) is 3.30. The van der Waals surface area contributed by atoms with Crippen LogP contribution in [0.25, 0.3) is 16.6 Å². The van der Waals surface area contributed by atoms with Crippen molar-refractivity contribution in [3.8, 4) is 11.4 Å². The summed E-state index contributed by atoms with van der Waals surface area (Å²) in [5.41, 5.74) is 1.51. The molecule has 4 rings (SSSR count). The summed E-state index contributed by atoms with van der Waals surface area (Å²) >= 11 is 0. The molecule has 196 valence electrons. The molecule has 0 bridgehead atoms. The van der Waals surface area contributed by atoms with Crippen LogP contribution in [0, 0.1) is 5.92 Å². The van der Waals surface area contributed by atoms with Gasteiger partial charge < -0.3 is 14.6 Å². The Kier molecular flexibility index (Phi) is 9.16. The highest BCUT2D eigenvalue weighted by atomic mass is 19.3. The number of carbonyl (C=O) groups is 1. The minimum Gasteiger partial charge on any atom is -0.491 e. The smallest absolute Gasteiger partial charge is 0.321 e. The van der Waals surface area contributed by atoms with E-state index < -0.39 is 17.9 Å². The summed E-state index contributed by atoms with van der Waals surface area (Å²) in [5.74, 6) is -4.32. The van der Waals surface area contributed by atoms with E-state index in [0.717, 1.165) is 16.6 Å². The normalized spacial score (nSPS) is 12.1. The van der Waals surface area contributed by atoms with E-state index in [0.29, 0.717) is 19.2 Å². The third kappa shape index (κ3) is 7.49. The number of amides is 1. The molecular formula is C28H32F2N4O3. The lowest BCUT2D eigenvalue weighted by atomic mass is 10.1. The predicted octanol–water partition coefficient (Wildman–Crippen LogP) is 5.07. The van der Waals surface area contributed by atoms with Crippen molar-refractivity contribution in [2.75, 3.05) is 6.61 Å². The van der Waals surface area contributed by atoms with Gasteiger partial charge in [-0.15, -0.1) is 0 Å². The third-order valence-electron chi connectivity index (χ3n) is 5.71. The number of hydrogen-bond donors (Lipinski definition) is 1. The van der Waals surface area contributed by atoms with Crippen LogP contribution in [0.15, 0.2) is 83.9 Å². The Bertz CT molecular complexity index is 1330. The van der Waals surface area contributed by atoms with Gasteiger partial charge in [-0.2, -0.15) is 13.9 Å². The van der Waals surface area contributed by atoms with Crippen molar-refractivity contribution < 1.29 is 18.3 Å². The molecule has 1 unspecified atom stereocenters. The number of hydrogen-bond acceptors (Lipinski definition) is 4. The highest BCUT2D eigenvalue weighted by Crippen LogP contribution is 2.23. The number of alkyl halides is 2. The summed E-state index contributed by atoms with van der Waals surface area (Å²) in [5, 5.41) is 7.57. The Hall–Kier alpha value is -4.01. The highest BCUT2D eigenvalue weighted by Gasteiger charge is 2.34. The molecule has 2 aromatic carbocycles. The summed E-state index contributed by atoms with van der Waals surface area (Å²) in [4.78, 5) is 23.4. The zero-order valence-corrected chi connectivity index (χ0v) is 21.4. The standard InChI is InChI=1S/C22H26F2N4O3.C6H6/c1-5-27-12-16(6-9-20(27)29)28-19-8-7-17(10-15(19)11-25-28)31-13-18(14(2)3)26-21(30)22(4,23)24;1-2-4-6-5-3-1/h6-12,14,18H,5,13H2,1-4H3,(H,26,30);1-6H. The van der Waals surface area contributed by atoms with Gasteiger partial charge in [0.25, 0.3) is 11.5 Å². The molecule has 37 heavy (non-hydrogen) atoms. The van der Waals surface area contributed by atoms with Crippen molar-refractivity contribution >= 4 is 16.8 Å². The van der Waals surface area contributed by atoms with Gasteiger partial charge in [0.2, 0.25) is 0 Å². The Morgan fingerprint density at radius 3 is 2.30 bits per heavy atom. The lowest BCUT2D eigenvalue weighted by molar-refractivity contribution is -0.144. The molecule has 2 aromatic heterocycles. The number of rotatable bonds is 8. The molecule has 0 radical (unpaired) electrons. The molecule has 4 aromatic rings. The number of aryl methyl sites for hydroxylation is 1. The minimum absolute atomic E-state index is 0.0561. The maximum absolute atomic E-state index is 13.2. The number of fused-ring (bicyclic) bond motifs is 1. The van der Waals surface area contributed by atoms with Crippen LogP contribution in [0.2, 0.25) is 0 Å². The lowest BCUT2D eigenvalue weighted by Crippen LogP contribution is -2.48. The molecule has 7 nitrogen and oxygen atoms in total. The van der Waals surface area contributed by atoms with E-state index in [9.17, 15) is 18.4 Å². The van der Waals surface area contributed by atoms with Gasteiger partial charge in [-0.3, -0.25) is 9.59 Å². The van der Waals surface area contributed by atoms with Gasteiger partial charge in [0.05, 0.1) is 23.4 Å². The van der Waals surface area contributed by atoms with E-state index in [2.05, 4.69) is 10.4 Å². The van der Waals surface area contributed by atoms with Crippen LogP contribution < -0.4 is 15.6 Å². The molecular weight excluding hydrogens is 478 g/mol. The number of halogens is 2. The molecule has 0 saturated heterocycles. The first kappa shape index (κ1) is 27.6. The van der Waals surface area contributed by atoms with E-state index in [-0.39, 0.29) is 18.1 Å². The van der Waals surface area contributed by atoms with Crippen LogP contribution in [0.1, 0.15) is 27.7 Å². The summed E-state index contributed by atoms with van der Waals surface area (Å²) in [6, 6.07) is 20.0. The third-order valence-corrected chi connectivity index (χ3v) is 5.71. The molecule has 9 heteroatoms. The van der Waals surface area contributed by atoms with Gasteiger partial charge in [0.1, 0.15) is 12.4 Å². The van der Waals surface area contributed by atoms with Crippen LogP contribution in [0.4, 0.5) is 8.78 Å². The van der Waals surface area contributed by atoms with E-state index >= 15 is 0 Å². The summed E-state index contributed by atoms with van der Waals surface area (Å²) in [6.07, 6.45) is 3.43. The number of aromatic nitrogens is 3. The van der Waals surface area contributed by atoms with Crippen molar-refractivity contribution in [2.24, 2.45) is 5.92 Å². The van der Waals surface area contributed by atoms with E-state index in [1.165, 1.54) is 6.07 Å². The van der Waals surface area contributed by atoms with E-state index in [1.807, 2.05) is 63.2 Å². The summed E-state index contributed by atoms with van der Waals surface area (Å²) in [6.45, 7) is 6.72. The Morgan fingerprint density at radius 2 is 1.73 bits per heavy atom. The molecule has 1 atom stereocenters. The number of nitrogens with zero attached hydrogens (tertiary/aromatic N) is 3. The first-order valence-electron chi connectivity index (χ1n) is 12.1. The van der Waals surface area contributed by atoms with Crippen molar-refractivity contribution in [3.63, 3.8) is 0 Å². The van der Waals surface area contributed by atoms with Gasteiger partial charge in [-0.05, 0) is 37.1 Å². The molecule has 1 N–H and O–H groups in total. The largest absolute Gasteiger partial charge is 0.491 e. The van der Waals surface area contributed by atoms with Gasteiger partial charge in [-0.25, -0.2) is 4.68 Å². The minimum atomic E-state index is -3.44. The average molecular weight is 511 g/mol. The highest BCUT2D eigenvalue weighted by molar-refractivity contribution is 5.83. The van der Waals surface area contributed by atoms with Gasteiger partial charge in [0.15, 0.2) is 0 Å². The maximum atomic E-state index is 13.2. The fourth-order valence-electron chi connectivity index (χ4n) is 3.46. The molecule has 0 spiro atoms. The number of pyridine rings is 1. The Morgan fingerprint density at radius 1 is 1.08 bits per heavy atom. The van der Waals surface area contributed by atoms with Gasteiger partial charge in [-0.1, -0.05) is 50.2 Å². The number of nitrogens with one attached hydrogen (secondary N) is 1. The number of benzene rings is 2. The molecule has 0 aliphatic carbocycles. The first-order valence-corrected chi connectivity index (χ1v) is 12.1. The van der Waals surface area contributed by atoms with E-state index in [1.54, 1.807) is 39.8 Å². The summed E-state index contributed by atoms with van der Waals surface area (Å²) < 4.78 is 35.5. The Balaban J connectivity index is 0.000000555. The van der Waals surface area contributed by atoms with Crippen LogP contribution in [0.3, 0.4) is 0 Å². The molecule has 0 fully saturated rings. The number of carbonyl (C=O) groups excluding carboxylic acids is 1. The predicted molar refractivity (Wildman–Crippen MR) is 140 cm³/mol. The second-order valence-electron chi connectivity index (χ2n) is 8.97. The lowest BCUT2D eigenvalue weighted by Gasteiger charge is -2.24. The maximum Gasteiger partial charge on any atom is 0.321 e. The van der Waals surface area contributed by atoms with Crippen molar-refractivity contribution in [1.29, 1.82) is 0 Å². The topological polar surface area (TPSA) is 78.2 Å². The van der Waals surface area contributed by atoms with Crippen LogP contribution in [-0.4, -0.2) is 38.8 Å². The molecule has 0 aliphatic rings. The zero-order valence-electron chi connectivity index (χ0n) is 21.4. The molecule has 1 amide bonds. The van der Waals surface area contributed by atoms with Crippen molar-refractivity contribution in [2.45, 2.75) is 46.2 Å². The first-order chi connectivity index (χ1) is 17.6. The second-order valence-corrected chi connectivity index (χ2v) is 8.97. The van der Waals surface area contributed by atoms with Crippen LogP contribution >= 0.6 is 0 Å². The molecule has 0 saturated carbocycles. The fourth-order valence-corrected chi connectivity index (χ4v) is 3.46. The van der Waals surface area contributed by atoms with Crippen LogP contribution in [-0.2, 0) is 11.3 Å². The van der Waals surface area contributed by atoms with Gasteiger partial charge >= 0.3 is 5.92 Å². The van der Waals surface area contributed by atoms with Gasteiger partial charge in [0, 0.05) is 31.1 Å². The number of ether oxygens (including phenoxy) is 1. The summed E-state index contributed by atoms with van der Waals surface area (Å²) in [7, 11) is 0. The van der Waals surface area contributed by atoms with Crippen molar-refractivity contribution in [3.05, 3.63) is 89.5 Å². The molecule has 2 heterocycles. The zero-order chi connectivity index (χ0) is 27.0. The van der Waals surface area contributed by atoms with E-state index in [4.69, 9.17) is 4.74 Å². The SMILES string of the molecule is CCn1cc(-n2ncc3cc(OCC(NC(=O)C(C)(F)F)C(C)C)ccc32)ccc1=O.c1ccccc1.